The van der Waals surface area contributed by atoms with Crippen LogP contribution in [0, 0.1) is 0 Å². The molecule has 2 aliphatic rings. The van der Waals surface area contributed by atoms with E-state index in [4.69, 9.17) is 9.15 Å². The van der Waals surface area contributed by atoms with Crippen molar-refractivity contribution in [2.24, 2.45) is 0 Å². The van der Waals surface area contributed by atoms with Crippen LogP contribution in [0.5, 0.6) is 5.75 Å². The van der Waals surface area contributed by atoms with Crippen molar-refractivity contribution in [3.8, 4) is 5.75 Å². The van der Waals surface area contributed by atoms with E-state index in [2.05, 4.69) is 0 Å². The van der Waals surface area contributed by atoms with Crippen molar-refractivity contribution in [2.45, 2.75) is 44.8 Å². The van der Waals surface area contributed by atoms with Crippen LogP contribution in [-0.2, 0) is 11.4 Å². The number of ether oxygens (including phenoxy) is 1. The maximum absolute atomic E-state index is 13.7. The number of nitrogens with zero attached hydrogens (tertiary/aromatic N) is 2. The van der Waals surface area contributed by atoms with Crippen molar-refractivity contribution in [1.82, 2.24) is 9.80 Å². The van der Waals surface area contributed by atoms with Gasteiger partial charge in [0.2, 0.25) is 5.91 Å². The number of carbonyl (C=O) groups excluding carboxylic acids is 2. The van der Waals surface area contributed by atoms with Crippen molar-refractivity contribution < 1.29 is 18.7 Å². The van der Waals surface area contributed by atoms with Crippen LogP contribution in [0.15, 0.2) is 59.0 Å². The monoisotopic (exact) mass is 432 g/mol. The highest BCUT2D eigenvalue weighted by atomic mass is 16.5. The molecule has 6 nitrogen and oxygen atoms in total. The molecule has 2 saturated heterocycles. The van der Waals surface area contributed by atoms with Gasteiger partial charge in [-0.3, -0.25) is 9.59 Å². The molecule has 3 heterocycles. The largest absolute Gasteiger partial charge is 0.489 e. The molecule has 166 valence electrons. The van der Waals surface area contributed by atoms with Crippen molar-refractivity contribution >= 4 is 22.8 Å². The number of furan rings is 1. The molecule has 1 unspecified atom stereocenters. The summed E-state index contributed by atoms with van der Waals surface area (Å²) < 4.78 is 12.0. The standard InChI is InChI=1S/C26H28N2O4/c29-25(27-15-8-9-16-27)22-13-6-7-17-28(22)26(30)24-21(18-31-19-10-2-1-3-11-19)20-12-4-5-14-23(20)32-24/h1-5,10-12,14,22H,6-9,13,15-18H2. The Morgan fingerprint density at radius 2 is 1.62 bits per heavy atom. The van der Waals surface area contributed by atoms with E-state index in [1.54, 1.807) is 4.90 Å². The summed E-state index contributed by atoms with van der Waals surface area (Å²) in [6.07, 6.45) is 4.63. The molecule has 0 aliphatic carbocycles. The zero-order valence-electron chi connectivity index (χ0n) is 18.2. The van der Waals surface area contributed by atoms with Gasteiger partial charge in [-0.2, -0.15) is 0 Å². The van der Waals surface area contributed by atoms with E-state index < -0.39 is 6.04 Å². The quantitative estimate of drug-likeness (QED) is 0.590. The highest BCUT2D eigenvalue weighted by Gasteiger charge is 2.38. The predicted octanol–water partition coefficient (Wildman–Crippen LogP) is 4.63. The average molecular weight is 433 g/mol. The summed E-state index contributed by atoms with van der Waals surface area (Å²) in [5, 5.41) is 0.867. The van der Waals surface area contributed by atoms with Crippen molar-refractivity contribution in [1.29, 1.82) is 0 Å². The highest BCUT2D eigenvalue weighted by molar-refractivity contribution is 6.01. The van der Waals surface area contributed by atoms with E-state index in [1.165, 1.54) is 0 Å². The molecule has 2 amide bonds. The minimum absolute atomic E-state index is 0.0775. The first-order valence-electron chi connectivity index (χ1n) is 11.5. The first-order valence-corrected chi connectivity index (χ1v) is 11.5. The van der Waals surface area contributed by atoms with Gasteiger partial charge in [-0.15, -0.1) is 0 Å². The van der Waals surface area contributed by atoms with Gasteiger partial charge in [0, 0.05) is 30.6 Å². The summed E-state index contributed by atoms with van der Waals surface area (Å²) in [4.78, 5) is 30.6. The molecule has 5 rings (SSSR count). The first-order chi connectivity index (χ1) is 15.7. The fourth-order valence-corrected chi connectivity index (χ4v) is 4.80. The lowest BCUT2D eigenvalue weighted by Gasteiger charge is -2.36. The molecule has 2 aliphatic heterocycles. The lowest BCUT2D eigenvalue weighted by atomic mass is 9.99. The molecule has 0 radical (unpaired) electrons. The molecule has 6 heteroatoms. The molecule has 32 heavy (non-hydrogen) atoms. The third kappa shape index (κ3) is 3.97. The number of likely N-dealkylation sites (tertiary alicyclic amines) is 2. The zero-order valence-corrected chi connectivity index (χ0v) is 18.2. The minimum atomic E-state index is -0.412. The van der Waals surface area contributed by atoms with Gasteiger partial charge < -0.3 is 19.0 Å². The van der Waals surface area contributed by atoms with Gasteiger partial charge in [-0.1, -0.05) is 36.4 Å². The lowest BCUT2D eigenvalue weighted by Crippen LogP contribution is -2.52. The van der Waals surface area contributed by atoms with Gasteiger partial charge >= 0.3 is 0 Å². The van der Waals surface area contributed by atoms with E-state index in [-0.39, 0.29) is 24.2 Å². The van der Waals surface area contributed by atoms with Crippen molar-refractivity contribution in [3.63, 3.8) is 0 Å². The second-order valence-corrected chi connectivity index (χ2v) is 8.55. The van der Waals surface area contributed by atoms with E-state index >= 15 is 0 Å². The Labute approximate surface area is 187 Å². The zero-order chi connectivity index (χ0) is 21.9. The second-order valence-electron chi connectivity index (χ2n) is 8.55. The molecule has 1 aromatic heterocycles. The summed E-state index contributed by atoms with van der Waals surface area (Å²) in [6, 6.07) is 16.8. The fourth-order valence-electron chi connectivity index (χ4n) is 4.80. The Balaban J connectivity index is 1.45. The Hall–Kier alpha value is -3.28. The number of amides is 2. The van der Waals surface area contributed by atoms with Gasteiger partial charge in [-0.05, 0) is 50.3 Å². The normalized spacial score (nSPS) is 18.8. The van der Waals surface area contributed by atoms with E-state index in [0.717, 1.165) is 55.5 Å². The Bertz CT molecular complexity index is 1100. The summed E-state index contributed by atoms with van der Waals surface area (Å²) in [5.74, 6) is 0.873. The maximum atomic E-state index is 13.7. The fraction of sp³-hybridized carbons (Fsp3) is 0.385. The summed E-state index contributed by atoms with van der Waals surface area (Å²) in [7, 11) is 0. The number of rotatable bonds is 5. The van der Waals surface area contributed by atoms with Crippen LogP contribution >= 0.6 is 0 Å². The van der Waals surface area contributed by atoms with Gasteiger partial charge in [0.05, 0.1) is 0 Å². The molecule has 0 bridgehead atoms. The third-order valence-corrected chi connectivity index (χ3v) is 6.49. The molecular formula is C26H28N2O4. The molecule has 0 saturated carbocycles. The SMILES string of the molecule is O=C(C1CCCCN1C(=O)c1oc2ccccc2c1COc1ccccc1)N1CCCC1. The van der Waals surface area contributed by atoms with E-state index in [1.807, 2.05) is 59.5 Å². The van der Waals surface area contributed by atoms with Crippen molar-refractivity contribution in [2.75, 3.05) is 19.6 Å². The van der Waals surface area contributed by atoms with Crippen LogP contribution < -0.4 is 4.74 Å². The van der Waals surface area contributed by atoms with Gasteiger partial charge in [0.1, 0.15) is 24.0 Å². The molecule has 2 fully saturated rings. The number of benzene rings is 2. The van der Waals surface area contributed by atoms with Crippen molar-refractivity contribution in [3.05, 3.63) is 65.9 Å². The molecule has 0 N–H and O–H groups in total. The highest BCUT2D eigenvalue weighted by Crippen LogP contribution is 2.31. The molecule has 2 aromatic carbocycles. The third-order valence-electron chi connectivity index (χ3n) is 6.49. The van der Waals surface area contributed by atoms with E-state index in [9.17, 15) is 9.59 Å². The second kappa shape index (κ2) is 9.07. The number of carbonyl (C=O) groups is 2. The number of hydrogen-bond acceptors (Lipinski definition) is 4. The lowest BCUT2D eigenvalue weighted by molar-refractivity contribution is -0.136. The minimum Gasteiger partial charge on any atom is -0.489 e. The van der Waals surface area contributed by atoms with Crippen LogP contribution in [0.2, 0.25) is 0 Å². The maximum Gasteiger partial charge on any atom is 0.290 e. The van der Waals surface area contributed by atoms with Crippen LogP contribution in [0.1, 0.15) is 48.2 Å². The summed E-state index contributed by atoms with van der Waals surface area (Å²) in [6.45, 7) is 2.37. The first kappa shape index (κ1) is 20.6. The van der Waals surface area contributed by atoms with E-state index in [0.29, 0.717) is 18.5 Å². The summed E-state index contributed by atoms with van der Waals surface area (Å²) in [5.41, 5.74) is 1.38. The molecular weight excluding hydrogens is 404 g/mol. The Morgan fingerprint density at radius 1 is 0.906 bits per heavy atom. The Kier molecular flexibility index (Phi) is 5.84. The van der Waals surface area contributed by atoms with Gasteiger partial charge in [-0.25, -0.2) is 0 Å². The van der Waals surface area contributed by atoms with Crippen LogP contribution in [0.4, 0.5) is 0 Å². The molecule has 3 aromatic rings. The molecule has 0 spiro atoms. The number of hydrogen-bond donors (Lipinski definition) is 0. The molecule has 1 atom stereocenters. The average Bonchev–Trinajstić information content (AvgIpc) is 3.51. The van der Waals surface area contributed by atoms with Gasteiger partial charge in [0.15, 0.2) is 5.76 Å². The smallest absolute Gasteiger partial charge is 0.290 e. The van der Waals surface area contributed by atoms with Gasteiger partial charge in [0.25, 0.3) is 5.91 Å². The number of fused-ring (bicyclic) bond motifs is 1. The summed E-state index contributed by atoms with van der Waals surface area (Å²) >= 11 is 0. The topological polar surface area (TPSA) is 63.0 Å². The van der Waals surface area contributed by atoms with Crippen LogP contribution in [0.3, 0.4) is 0 Å². The van der Waals surface area contributed by atoms with Crippen LogP contribution in [0.25, 0.3) is 11.0 Å². The predicted molar refractivity (Wildman–Crippen MR) is 121 cm³/mol. The number of piperidine rings is 1. The number of para-hydroxylation sites is 2. The Morgan fingerprint density at radius 3 is 2.44 bits per heavy atom. The van der Waals surface area contributed by atoms with Crippen LogP contribution in [-0.4, -0.2) is 47.3 Å².